The fourth-order valence-electron chi connectivity index (χ4n) is 3.12. The number of carbonyl (C=O) groups excluding carboxylic acids is 1. The van der Waals surface area contributed by atoms with Crippen LogP contribution in [0.1, 0.15) is 42.5 Å². The zero-order valence-electron chi connectivity index (χ0n) is 12.1. The number of nitrogens with one attached hydrogen (secondary N) is 2. The Labute approximate surface area is 123 Å². The van der Waals surface area contributed by atoms with Crippen molar-refractivity contribution >= 4 is 5.91 Å². The van der Waals surface area contributed by atoms with Crippen molar-refractivity contribution in [3.8, 4) is 0 Å². The van der Waals surface area contributed by atoms with E-state index in [-0.39, 0.29) is 24.0 Å². The Hall–Kier alpha value is -1.69. The fraction of sp³-hybridized carbons (Fsp3) is 0.667. The summed E-state index contributed by atoms with van der Waals surface area (Å²) in [5.41, 5.74) is 2.41. The van der Waals surface area contributed by atoms with Crippen LogP contribution in [0.2, 0.25) is 0 Å². The Morgan fingerprint density at radius 2 is 2.10 bits per heavy atom. The Morgan fingerprint density at radius 3 is 2.86 bits per heavy atom. The second kappa shape index (κ2) is 6.39. The van der Waals surface area contributed by atoms with E-state index in [0.29, 0.717) is 12.2 Å². The second-order valence-electron chi connectivity index (χ2n) is 5.78. The number of fused-ring (bicyclic) bond motifs is 1. The van der Waals surface area contributed by atoms with E-state index in [0.717, 1.165) is 56.3 Å². The van der Waals surface area contributed by atoms with Gasteiger partial charge >= 0.3 is 0 Å². The summed E-state index contributed by atoms with van der Waals surface area (Å²) in [6.45, 7) is 1.35. The molecule has 114 valence electrons. The highest BCUT2D eigenvalue weighted by atomic mass is 16.5. The zero-order valence-corrected chi connectivity index (χ0v) is 12.1. The zero-order chi connectivity index (χ0) is 14.7. The van der Waals surface area contributed by atoms with Crippen molar-refractivity contribution in [1.29, 1.82) is 0 Å². The molecule has 1 saturated heterocycles. The van der Waals surface area contributed by atoms with Gasteiger partial charge in [-0.25, -0.2) is 5.10 Å². The lowest BCUT2D eigenvalue weighted by Gasteiger charge is -2.17. The van der Waals surface area contributed by atoms with Gasteiger partial charge in [0.25, 0.3) is 5.56 Å². The van der Waals surface area contributed by atoms with E-state index in [9.17, 15) is 9.59 Å². The summed E-state index contributed by atoms with van der Waals surface area (Å²) in [7, 11) is 0. The normalized spacial score (nSPS) is 21.0. The number of amides is 1. The van der Waals surface area contributed by atoms with Crippen molar-refractivity contribution in [1.82, 2.24) is 15.5 Å². The summed E-state index contributed by atoms with van der Waals surface area (Å²) >= 11 is 0. The molecule has 1 amide bonds. The highest BCUT2D eigenvalue weighted by Gasteiger charge is 2.20. The molecule has 2 heterocycles. The molecule has 6 heteroatoms. The van der Waals surface area contributed by atoms with Crippen LogP contribution in [-0.2, 0) is 28.8 Å². The molecule has 1 unspecified atom stereocenters. The maximum Gasteiger partial charge on any atom is 0.267 e. The average molecular weight is 291 g/mol. The van der Waals surface area contributed by atoms with Crippen molar-refractivity contribution in [2.45, 2.75) is 51.0 Å². The van der Waals surface area contributed by atoms with Gasteiger partial charge in [-0.1, -0.05) is 0 Å². The molecule has 1 aliphatic carbocycles. The van der Waals surface area contributed by atoms with Crippen LogP contribution < -0.4 is 10.9 Å². The van der Waals surface area contributed by atoms with Gasteiger partial charge in [-0.3, -0.25) is 9.59 Å². The third-order valence-corrected chi connectivity index (χ3v) is 4.26. The monoisotopic (exact) mass is 291 g/mol. The molecule has 21 heavy (non-hydrogen) atoms. The van der Waals surface area contributed by atoms with Gasteiger partial charge in [-0.15, -0.1) is 0 Å². The van der Waals surface area contributed by atoms with Crippen LogP contribution >= 0.6 is 0 Å². The van der Waals surface area contributed by atoms with Crippen molar-refractivity contribution in [2.24, 2.45) is 0 Å². The second-order valence-corrected chi connectivity index (χ2v) is 5.78. The van der Waals surface area contributed by atoms with Crippen molar-refractivity contribution in [3.05, 3.63) is 27.2 Å². The molecule has 1 aromatic heterocycles. The number of aromatic nitrogens is 2. The first-order chi connectivity index (χ1) is 10.2. The number of H-pyrrole nitrogens is 1. The van der Waals surface area contributed by atoms with Crippen LogP contribution in [0.5, 0.6) is 0 Å². The summed E-state index contributed by atoms with van der Waals surface area (Å²) in [4.78, 5) is 23.8. The Bertz CT molecular complexity index is 576. The average Bonchev–Trinajstić information content (AvgIpc) is 3.02. The van der Waals surface area contributed by atoms with E-state index < -0.39 is 0 Å². The minimum Gasteiger partial charge on any atom is -0.376 e. The predicted molar refractivity (Wildman–Crippen MR) is 77.2 cm³/mol. The number of rotatable bonds is 4. The number of hydrogen-bond acceptors (Lipinski definition) is 4. The van der Waals surface area contributed by atoms with E-state index in [1.165, 1.54) is 0 Å². The lowest BCUT2D eigenvalue weighted by molar-refractivity contribution is -0.121. The van der Waals surface area contributed by atoms with Gasteiger partial charge < -0.3 is 10.1 Å². The molecular weight excluding hydrogens is 270 g/mol. The number of aromatic amines is 1. The van der Waals surface area contributed by atoms with Crippen LogP contribution in [0.15, 0.2) is 4.79 Å². The smallest absolute Gasteiger partial charge is 0.267 e. The standard InChI is InChI=1S/C15H21N3O3/c19-14(16-9-10-4-3-7-21-10)8-13-11-5-1-2-6-12(11)15(20)18-17-13/h10H,1-9H2,(H,16,19)(H,18,20). The number of carbonyl (C=O) groups is 1. The molecule has 0 radical (unpaired) electrons. The van der Waals surface area contributed by atoms with E-state index in [4.69, 9.17) is 4.74 Å². The van der Waals surface area contributed by atoms with Crippen LogP contribution in [-0.4, -0.2) is 35.4 Å². The quantitative estimate of drug-likeness (QED) is 0.845. The van der Waals surface area contributed by atoms with Crippen molar-refractivity contribution in [3.63, 3.8) is 0 Å². The largest absolute Gasteiger partial charge is 0.376 e. The minimum absolute atomic E-state index is 0.0576. The highest BCUT2D eigenvalue weighted by Crippen LogP contribution is 2.20. The summed E-state index contributed by atoms with van der Waals surface area (Å²) in [6, 6.07) is 0. The van der Waals surface area contributed by atoms with Crippen LogP contribution in [0, 0.1) is 0 Å². The SMILES string of the molecule is O=C(Cc1n[nH]c(=O)c2c1CCCC2)NCC1CCCO1. The van der Waals surface area contributed by atoms with Gasteiger partial charge in [0.15, 0.2) is 0 Å². The highest BCUT2D eigenvalue weighted by molar-refractivity contribution is 5.78. The summed E-state index contributed by atoms with van der Waals surface area (Å²) in [6.07, 6.45) is 6.17. The molecule has 0 bridgehead atoms. The fourth-order valence-corrected chi connectivity index (χ4v) is 3.12. The molecule has 3 rings (SSSR count). The first-order valence-electron chi connectivity index (χ1n) is 7.71. The van der Waals surface area contributed by atoms with Gasteiger partial charge in [0.05, 0.1) is 18.2 Å². The summed E-state index contributed by atoms with van der Waals surface area (Å²) in [5, 5.41) is 9.50. The lowest BCUT2D eigenvalue weighted by atomic mass is 9.91. The van der Waals surface area contributed by atoms with Gasteiger partial charge in [-0.05, 0) is 44.1 Å². The van der Waals surface area contributed by atoms with Gasteiger partial charge in [0.2, 0.25) is 5.91 Å². The number of nitrogens with zero attached hydrogens (tertiary/aromatic N) is 1. The van der Waals surface area contributed by atoms with Crippen LogP contribution in [0.25, 0.3) is 0 Å². The first kappa shape index (κ1) is 14.3. The first-order valence-corrected chi connectivity index (χ1v) is 7.71. The maximum atomic E-state index is 12.0. The molecule has 0 saturated carbocycles. The van der Waals surface area contributed by atoms with Crippen molar-refractivity contribution < 1.29 is 9.53 Å². The van der Waals surface area contributed by atoms with Gasteiger partial charge in [0, 0.05) is 18.7 Å². The van der Waals surface area contributed by atoms with E-state index in [1.807, 2.05) is 0 Å². The van der Waals surface area contributed by atoms with Crippen LogP contribution in [0.3, 0.4) is 0 Å². The summed E-state index contributed by atoms with van der Waals surface area (Å²) < 4.78 is 5.48. The number of ether oxygens (including phenoxy) is 1. The van der Waals surface area contributed by atoms with Crippen LogP contribution in [0.4, 0.5) is 0 Å². The Morgan fingerprint density at radius 1 is 1.29 bits per heavy atom. The van der Waals surface area contributed by atoms with Gasteiger partial charge in [0.1, 0.15) is 0 Å². The molecule has 1 aromatic rings. The van der Waals surface area contributed by atoms with Gasteiger partial charge in [-0.2, -0.15) is 5.10 Å². The molecule has 2 aliphatic rings. The molecule has 1 aliphatic heterocycles. The third kappa shape index (κ3) is 3.32. The lowest BCUT2D eigenvalue weighted by Crippen LogP contribution is -2.34. The maximum absolute atomic E-state index is 12.0. The molecule has 0 spiro atoms. The predicted octanol–water partition coefficient (Wildman–Crippen LogP) is 0.486. The molecule has 6 nitrogen and oxygen atoms in total. The number of hydrogen-bond donors (Lipinski definition) is 2. The van der Waals surface area contributed by atoms with E-state index in [1.54, 1.807) is 0 Å². The van der Waals surface area contributed by atoms with E-state index in [2.05, 4.69) is 15.5 Å². The molecule has 0 aromatic carbocycles. The Balaban J connectivity index is 1.64. The third-order valence-electron chi connectivity index (χ3n) is 4.26. The molecule has 1 fully saturated rings. The Kier molecular flexibility index (Phi) is 4.34. The molecule has 2 N–H and O–H groups in total. The topological polar surface area (TPSA) is 84.1 Å². The summed E-state index contributed by atoms with van der Waals surface area (Å²) in [5.74, 6) is -0.0576. The van der Waals surface area contributed by atoms with Crippen molar-refractivity contribution in [2.75, 3.05) is 13.2 Å². The molecular formula is C15H21N3O3. The minimum atomic E-state index is -0.104. The van der Waals surface area contributed by atoms with E-state index >= 15 is 0 Å². The molecule has 1 atom stereocenters.